The van der Waals surface area contributed by atoms with Crippen molar-refractivity contribution in [3.05, 3.63) is 0 Å². The molecule has 0 aromatic carbocycles. The van der Waals surface area contributed by atoms with Gasteiger partial charge in [-0.25, -0.2) is 0 Å². The summed E-state index contributed by atoms with van der Waals surface area (Å²) in [5.41, 5.74) is 5.29. The van der Waals surface area contributed by atoms with Gasteiger partial charge in [0.05, 0.1) is 12.2 Å². The second-order valence-electron chi connectivity index (χ2n) is 2.30. The predicted molar refractivity (Wildman–Crippen MR) is 36.3 cm³/mol. The lowest BCUT2D eigenvalue weighted by atomic mass is 10.1. The quantitative estimate of drug-likeness (QED) is 0.384. The van der Waals surface area contributed by atoms with Crippen LogP contribution in [0.5, 0.6) is 0 Å². The molecule has 0 aromatic heterocycles. The molecule has 3 unspecified atom stereocenters. The van der Waals surface area contributed by atoms with Gasteiger partial charge in [-0.2, -0.15) is 0 Å². The number of carbonyl (C=O) groups excluding carboxylic acids is 1. The number of aliphatic hydroxyl groups excluding tert-OH is 2. The van der Waals surface area contributed by atoms with Crippen molar-refractivity contribution in [1.29, 1.82) is 0 Å². The van der Waals surface area contributed by atoms with E-state index in [1.54, 1.807) is 0 Å². The molecule has 5 heteroatoms. The van der Waals surface area contributed by atoms with Gasteiger partial charge in [0.25, 0.3) is 0 Å². The Kier molecular flexibility index (Phi) is 7.99. The molecule has 0 saturated heterocycles. The maximum atomic E-state index is 9.87. The summed E-state index contributed by atoms with van der Waals surface area (Å²) in [6, 6.07) is -0.655. The SMILES string of the molecule is CC(O)C(O)C(N)CC=O.[Cl-]. The van der Waals surface area contributed by atoms with Crippen LogP contribution in [-0.4, -0.2) is 34.7 Å². The molecule has 0 bridgehead atoms. The fourth-order valence-electron chi connectivity index (χ4n) is 0.608. The number of aldehydes is 1. The predicted octanol–water partition coefficient (Wildman–Crippen LogP) is -4.35. The van der Waals surface area contributed by atoms with Gasteiger partial charge in [-0.3, -0.25) is 0 Å². The van der Waals surface area contributed by atoms with Gasteiger partial charge in [-0.1, -0.05) is 0 Å². The molecule has 0 amide bonds. The third-order valence-corrected chi connectivity index (χ3v) is 1.30. The lowest BCUT2D eigenvalue weighted by Crippen LogP contribution is -3.00. The maximum absolute atomic E-state index is 9.87. The molecule has 0 aliphatic rings. The summed E-state index contributed by atoms with van der Waals surface area (Å²) < 4.78 is 0. The zero-order valence-corrected chi connectivity index (χ0v) is 7.03. The van der Waals surface area contributed by atoms with Crippen LogP contribution >= 0.6 is 0 Å². The van der Waals surface area contributed by atoms with E-state index in [0.29, 0.717) is 6.29 Å². The van der Waals surface area contributed by atoms with Crippen molar-refractivity contribution in [3.63, 3.8) is 0 Å². The van der Waals surface area contributed by atoms with Crippen molar-refractivity contribution in [3.8, 4) is 0 Å². The molecular formula is C6H13ClNO3-. The Morgan fingerprint density at radius 1 is 1.55 bits per heavy atom. The molecule has 0 radical (unpaired) electrons. The number of nitrogens with two attached hydrogens (primary N) is 1. The van der Waals surface area contributed by atoms with E-state index in [2.05, 4.69) is 0 Å². The Hall–Kier alpha value is -0.160. The number of halogens is 1. The van der Waals surface area contributed by atoms with E-state index in [1.807, 2.05) is 0 Å². The van der Waals surface area contributed by atoms with Gasteiger partial charge in [0.1, 0.15) is 6.29 Å². The van der Waals surface area contributed by atoms with E-state index in [4.69, 9.17) is 15.9 Å². The second kappa shape index (κ2) is 6.54. The van der Waals surface area contributed by atoms with Crippen molar-refractivity contribution >= 4 is 6.29 Å². The third-order valence-electron chi connectivity index (χ3n) is 1.30. The van der Waals surface area contributed by atoms with Crippen molar-refractivity contribution in [1.82, 2.24) is 0 Å². The van der Waals surface area contributed by atoms with E-state index in [-0.39, 0.29) is 18.8 Å². The summed E-state index contributed by atoms with van der Waals surface area (Å²) in [4.78, 5) is 9.87. The topological polar surface area (TPSA) is 83.6 Å². The Morgan fingerprint density at radius 3 is 2.27 bits per heavy atom. The fraction of sp³-hybridized carbons (Fsp3) is 0.833. The van der Waals surface area contributed by atoms with Gasteiger partial charge in [0.15, 0.2) is 0 Å². The zero-order valence-electron chi connectivity index (χ0n) is 6.27. The molecule has 0 aliphatic heterocycles. The number of hydrogen-bond donors (Lipinski definition) is 3. The molecule has 4 N–H and O–H groups in total. The van der Waals surface area contributed by atoms with E-state index >= 15 is 0 Å². The number of rotatable bonds is 4. The van der Waals surface area contributed by atoms with Crippen LogP contribution in [0.3, 0.4) is 0 Å². The monoisotopic (exact) mass is 182 g/mol. The van der Waals surface area contributed by atoms with Crippen LogP contribution in [0.2, 0.25) is 0 Å². The molecule has 11 heavy (non-hydrogen) atoms. The molecular weight excluding hydrogens is 170 g/mol. The minimum atomic E-state index is -1.01. The first-order chi connectivity index (χ1) is 4.59. The zero-order chi connectivity index (χ0) is 8.15. The average Bonchev–Trinajstić information content (AvgIpc) is 1.87. The highest BCUT2D eigenvalue weighted by Gasteiger charge is 2.18. The molecule has 0 fully saturated rings. The molecule has 4 nitrogen and oxygen atoms in total. The molecule has 0 spiro atoms. The highest BCUT2D eigenvalue weighted by atomic mass is 35.5. The lowest BCUT2D eigenvalue weighted by Gasteiger charge is -2.18. The van der Waals surface area contributed by atoms with E-state index in [9.17, 15) is 4.79 Å². The van der Waals surface area contributed by atoms with Crippen molar-refractivity contribution < 1.29 is 27.4 Å². The lowest BCUT2D eigenvalue weighted by molar-refractivity contribution is -0.109. The molecule has 0 rings (SSSR count). The number of carbonyl (C=O) groups is 1. The van der Waals surface area contributed by atoms with Crippen LogP contribution in [0.15, 0.2) is 0 Å². The normalized spacial score (nSPS) is 17.8. The van der Waals surface area contributed by atoms with Gasteiger partial charge in [-0.15, -0.1) is 0 Å². The van der Waals surface area contributed by atoms with Crippen LogP contribution in [-0.2, 0) is 4.79 Å². The van der Waals surface area contributed by atoms with Crippen LogP contribution < -0.4 is 18.1 Å². The van der Waals surface area contributed by atoms with Gasteiger partial charge in [0, 0.05) is 12.5 Å². The van der Waals surface area contributed by atoms with Gasteiger partial charge in [-0.05, 0) is 6.92 Å². The van der Waals surface area contributed by atoms with Crippen molar-refractivity contribution in [2.24, 2.45) is 5.73 Å². The largest absolute Gasteiger partial charge is 1.00 e. The Bertz CT molecular complexity index is 110. The first-order valence-electron chi connectivity index (χ1n) is 3.15. The standard InChI is InChI=1S/C6H13NO3.ClH/c1-4(9)6(10)5(7)2-3-8;/h3-6,9-10H,2,7H2,1H3;1H/p-1. The Balaban J connectivity index is 0. The highest BCUT2D eigenvalue weighted by molar-refractivity contribution is 5.50. The summed E-state index contributed by atoms with van der Waals surface area (Å²) in [5, 5.41) is 17.8. The first-order valence-corrected chi connectivity index (χ1v) is 3.15. The minimum absolute atomic E-state index is 0. The number of hydrogen-bond acceptors (Lipinski definition) is 4. The van der Waals surface area contributed by atoms with Crippen LogP contribution in [0.1, 0.15) is 13.3 Å². The smallest absolute Gasteiger partial charge is 0.121 e. The van der Waals surface area contributed by atoms with Crippen molar-refractivity contribution in [2.75, 3.05) is 0 Å². The minimum Gasteiger partial charge on any atom is -1.00 e. The first kappa shape index (κ1) is 13.4. The molecule has 68 valence electrons. The third kappa shape index (κ3) is 5.15. The summed E-state index contributed by atoms with van der Waals surface area (Å²) in [5.74, 6) is 0. The maximum Gasteiger partial charge on any atom is 0.121 e. The summed E-state index contributed by atoms with van der Waals surface area (Å²) in [7, 11) is 0. The van der Waals surface area contributed by atoms with E-state index < -0.39 is 18.2 Å². The summed E-state index contributed by atoms with van der Waals surface area (Å²) in [6.45, 7) is 1.43. The molecule has 0 saturated carbocycles. The van der Waals surface area contributed by atoms with Gasteiger partial charge in [0.2, 0.25) is 0 Å². The van der Waals surface area contributed by atoms with E-state index in [0.717, 1.165) is 0 Å². The Morgan fingerprint density at radius 2 is 2.00 bits per heavy atom. The number of aliphatic hydroxyl groups is 2. The van der Waals surface area contributed by atoms with Crippen molar-refractivity contribution in [2.45, 2.75) is 31.6 Å². The molecule has 0 aromatic rings. The van der Waals surface area contributed by atoms with Crippen LogP contribution in [0.25, 0.3) is 0 Å². The van der Waals surface area contributed by atoms with Crippen LogP contribution in [0, 0.1) is 0 Å². The Labute approximate surface area is 71.8 Å². The summed E-state index contributed by atoms with van der Waals surface area (Å²) >= 11 is 0. The van der Waals surface area contributed by atoms with Gasteiger partial charge >= 0.3 is 0 Å². The van der Waals surface area contributed by atoms with Gasteiger partial charge < -0.3 is 33.1 Å². The molecule has 0 aliphatic carbocycles. The van der Waals surface area contributed by atoms with E-state index in [1.165, 1.54) is 6.92 Å². The fourth-order valence-corrected chi connectivity index (χ4v) is 0.608. The summed E-state index contributed by atoms with van der Waals surface area (Å²) in [6.07, 6.45) is -1.19. The van der Waals surface area contributed by atoms with Crippen LogP contribution in [0.4, 0.5) is 0 Å². The molecule has 0 heterocycles. The average molecular weight is 183 g/mol. The second-order valence-corrected chi connectivity index (χ2v) is 2.30. The molecule has 3 atom stereocenters. The highest BCUT2D eigenvalue weighted by Crippen LogP contribution is 1.98.